The van der Waals surface area contributed by atoms with E-state index in [1.807, 2.05) is 0 Å². The van der Waals surface area contributed by atoms with Crippen LogP contribution in [-0.2, 0) is 4.79 Å². The number of carbonyl (C=O) groups excluding carboxylic acids is 1. The van der Waals surface area contributed by atoms with Crippen LogP contribution in [0.5, 0.6) is 0 Å². The summed E-state index contributed by atoms with van der Waals surface area (Å²) >= 11 is 0. The Labute approximate surface area is 92.0 Å². The molecule has 1 aliphatic heterocycles. The number of amides is 1. The summed E-state index contributed by atoms with van der Waals surface area (Å²) in [7, 11) is 0. The minimum absolute atomic E-state index is 0.130. The molecule has 0 bridgehead atoms. The van der Waals surface area contributed by atoms with E-state index in [9.17, 15) is 4.79 Å². The first-order valence-corrected chi connectivity index (χ1v) is 5.94. The Bertz CT molecular complexity index is 194. The molecule has 15 heavy (non-hydrogen) atoms. The Kier molecular flexibility index (Phi) is 5.05. The van der Waals surface area contributed by atoms with Crippen molar-refractivity contribution in [3.05, 3.63) is 0 Å². The molecule has 0 aliphatic carbocycles. The van der Waals surface area contributed by atoms with Gasteiger partial charge in [-0.1, -0.05) is 13.3 Å². The van der Waals surface area contributed by atoms with Crippen LogP contribution in [0, 0.1) is 5.41 Å². The molecule has 1 heterocycles. The number of nitrogens with one attached hydrogen (secondary N) is 2. The highest BCUT2D eigenvalue weighted by Crippen LogP contribution is 2.34. The van der Waals surface area contributed by atoms with Crippen LogP contribution in [0.25, 0.3) is 0 Å². The normalized spacial score (nSPS) is 19.9. The smallest absolute Gasteiger partial charge is 0.226 e. The molecule has 1 saturated heterocycles. The fraction of sp³-hybridized carbons (Fsp3) is 0.909. The Hall–Kier alpha value is -0.610. The van der Waals surface area contributed by atoms with Gasteiger partial charge in [-0.05, 0) is 32.4 Å². The molecule has 0 unspecified atom stereocenters. The van der Waals surface area contributed by atoms with Crippen LogP contribution >= 0.6 is 0 Å². The van der Waals surface area contributed by atoms with E-state index in [0.717, 1.165) is 38.8 Å². The zero-order valence-electron chi connectivity index (χ0n) is 9.64. The number of hydrogen-bond acceptors (Lipinski definition) is 3. The topological polar surface area (TPSA) is 67.2 Å². The minimum Gasteiger partial charge on any atom is -0.354 e. The molecular weight excluding hydrogens is 190 g/mol. The van der Waals surface area contributed by atoms with Gasteiger partial charge in [0, 0.05) is 13.1 Å². The average Bonchev–Trinajstić information content (AvgIpc) is 2.27. The van der Waals surface area contributed by atoms with Crippen LogP contribution in [0.15, 0.2) is 0 Å². The first-order chi connectivity index (χ1) is 7.25. The monoisotopic (exact) mass is 213 g/mol. The summed E-state index contributed by atoms with van der Waals surface area (Å²) in [4.78, 5) is 12.1. The molecule has 1 amide bonds. The van der Waals surface area contributed by atoms with E-state index in [2.05, 4.69) is 17.6 Å². The molecule has 1 rings (SSSR count). The zero-order valence-corrected chi connectivity index (χ0v) is 9.64. The van der Waals surface area contributed by atoms with Gasteiger partial charge < -0.3 is 16.4 Å². The molecule has 0 spiro atoms. The van der Waals surface area contributed by atoms with Gasteiger partial charge in [0.2, 0.25) is 5.91 Å². The van der Waals surface area contributed by atoms with Crippen molar-refractivity contribution >= 4 is 5.91 Å². The summed E-state index contributed by atoms with van der Waals surface area (Å²) in [6, 6.07) is 0. The van der Waals surface area contributed by atoms with Crippen molar-refractivity contribution in [2.75, 3.05) is 26.2 Å². The second-order valence-electron chi connectivity index (χ2n) is 4.32. The molecule has 0 saturated carbocycles. The largest absolute Gasteiger partial charge is 0.354 e. The maximum absolute atomic E-state index is 12.1. The SMILES string of the molecule is CCCC1(C(=O)NCCN)CCNCC1. The Morgan fingerprint density at radius 2 is 2.13 bits per heavy atom. The molecule has 4 N–H and O–H groups in total. The van der Waals surface area contributed by atoms with Gasteiger partial charge in [0.15, 0.2) is 0 Å². The van der Waals surface area contributed by atoms with Gasteiger partial charge in [0.1, 0.15) is 0 Å². The average molecular weight is 213 g/mol. The van der Waals surface area contributed by atoms with E-state index in [-0.39, 0.29) is 11.3 Å². The number of piperidine rings is 1. The van der Waals surface area contributed by atoms with Gasteiger partial charge >= 0.3 is 0 Å². The van der Waals surface area contributed by atoms with E-state index in [1.165, 1.54) is 0 Å². The maximum atomic E-state index is 12.1. The van der Waals surface area contributed by atoms with Crippen molar-refractivity contribution in [3.63, 3.8) is 0 Å². The van der Waals surface area contributed by atoms with Gasteiger partial charge in [-0.15, -0.1) is 0 Å². The first-order valence-electron chi connectivity index (χ1n) is 5.94. The van der Waals surface area contributed by atoms with Crippen LogP contribution in [0.4, 0.5) is 0 Å². The van der Waals surface area contributed by atoms with Crippen molar-refractivity contribution in [2.24, 2.45) is 11.1 Å². The molecule has 0 aromatic heterocycles. The van der Waals surface area contributed by atoms with Crippen molar-refractivity contribution in [2.45, 2.75) is 32.6 Å². The highest BCUT2D eigenvalue weighted by molar-refractivity contribution is 5.82. The van der Waals surface area contributed by atoms with Gasteiger partial charge in [0.25, 0.3) is 0 Å². The molecule has 1 aliphatic rings. The van der Waals surface area contributed by atoms with Crippen LogP contribution in [0.2, 0.25) is 0 Å². The summed E-state index contributed by atoms with van der Waals surface area (Å²) in [6.45, 7) is 5.16. The molecule has 4 nitrogen and oxygen atoms in total. The molecule has 0 aromatic carbocycles. The lowest BCUT2D eigenvalue weighted by atomic mass is 9.74. The summed E-state index contributed by atoms with van der Waals surface area (Å²) in [6.07, 6.45) is 3.97. The lowest BCUT2D eigenvalue weighted by molar-refractivity contribution is -0.133. The van der Waals surface area contributed by atoms with Crippen LogP contribution in [-0.4, -0.2) is 32.1 Å². The van der Waals surface area contributed by atoms with E-state index >= 15 is 0 Å². The Morgan fingerprint density at radius 3 is 2.67 bits per heavy atom. The van der Waals surface area contributed by atoms with E-state index in [0.29, 0.717) is 13.1 Å². The fourth-order valence-electron chi connectivity index (χ4n) is 2.35. The first kappa shape index (κ1) is 12.5. The van der Waals surface area contributed by atoms with Crippen LogP contribution < -0.4 is 16.4 Å². The van der Waals surface area contributed by atoms with Gasteiger partial charge in [0.05, 0.1) is 5.41 Å². The molecule has 4 heteroatoms. The molecule has 88 valence electrons. The Balaban J connectivity index is 2.57. The third-order valence-corrected chi connectivity index (χ3v) is 3.20. The number of carbonyl (C=O) groups is 1. The van der Waals surface area contributed by atoms with E-state index < -0.39 is 0 Å². The van der Waals surface area contributed by atoms with Crippen molar-refractivity contribution in [1.82, 2.24) is 10.6 Å². The lowest BCUT2D eigenvalue weighted by Crippen LogP contribution is -2.48. The standard InChI is InChI=1S/C11H23N3O/c1-2-3-11(4-7-13-8-5-11)10(15)14-9-6-12/h13H,2-9,12H2,1H3,(H,14,15). The van der Waals surface area contributed by atoms with Crippen molar-refractivity contribution < 1.29 is 4.79 Å². The van der Waals surface area contributed by atoms with Crippen molar-refractivity contribution in [1.29, 1.82) is 0 Å². The summed E-state index contributed by atoms with van der Waals surface area (Å²) in [5.41, 5.74) is 5.27. The van der Waals surface area contributed by atoms with Gasteiger partial charge in [-0.2, -0.15) is 0 Å². The molecular formula is C11H23N3O. The quantitative estimate of drug-likeness (QED) is 0.612. The summed E-state index contributed by atoms with van der Waals surface area (Å²) in [5, 5.41) is 6.24. The third-order valence-electron chi connectivity index (χ3n) is 3.20. The fourth-order valence-corrected chi connectivity index (χ4v) is 2.35. The second-order valence-corrected chi connectivity index (χ2v) is 4.32. The number of hydrogen-bond donors (Lipinski definition) is 3. The second kappa shape index (κ2) is 6.08. The van der Waals surface area contributed by atoms with Gasteiger partial charge in [-0.3, -0.25) is 4.79 Å². The predicted molar refractivity (Wildman–Crippen MR) is 61.5 cm³/mol. The van der Waals surface area contributed by atoms with Crippen LogP contribution in [0.1, 0.15) is 32.6 Å². The maximum Gasteiger partial charge on any atom is 0.226 e. The summed E-state index contributed by atoms with van der Waals surface area (Å²) < 4.78 is 0. The number of nitrogens with two attached hydrogens (primary N) is 1. The lowest BCUT2D eigenvalue weighted by Gasteiger charge is -2.36. The molecule has 0 atom stereocenters. The minimum atomic E-state index is -0.130. The van der Waals surface area contributed by atoms with E-state index in [1.54, 1.807) is 0 Å². The predicted octanol–water partition coefficient (Wildman–Crippen LogP) is 0.231. The van der Waals surface area contributed by atoms with Gasteiger partial charge in [-0.25, -0.2) is 0 Å². The number of rotatable bonds is 5. The molecule has 0 radical (unpaired) electrons. The van der Waals surface area contributed by atoms with Crippen LogP contribution in [0.3, 0.4) is 0 Å². The molecule has 1 fully saturated rings. The Morgan fingerprint density at radius 1 is 1.47 bits per heavy atom. The zero-order chi connectivity index (χ0) is 11.1. The molecule has 0 aromatic rings. The van der Waals surface area contributed by atoms with Crippen molar-refractivity contribution in [3.8, 4) is 0 Å². The summed E-state index contributed by atoms with van der Waals surface area (Å²) in [5.74, 6) is 0.205. The third kappa shape index (κ3) is 3.18. The highest BCUT2D eigenvalue weighted by atomic mass is 16.2. The van der Waals surface area contributed by atoms with E-state index in [4.69, 9.17) is 5.73 Å². The highest BCUT2D eigenvalue weighted by Gasteiger charge is 2.37.